The van der Waals surface area contributed by atoms with Gasteiger partial charge in [-0.15, -0.1) is 0 Å². The standard InChI is InChI=1S/C10H18N2O2/c1-6(9(11)14)8(13)7-4-10(2-3-10)5-12-7/h6-8,12-13H,2-5H2,1H3,(H2,11,14)/t6-,7+,8-/m1/s1. The molecule has 0 aromatic heterocycles. The number of nitrogens with two attached hydrogens (primary N) is 1. The molecule has 3 atom stereocenters. The fourth-order valence-corrected chi connectivity index (χ4v) is 2.27. The zero-order valence-electron chi connectivity index (χ0n) is 8.49. The Morgan fingerprint density at radius 2 is 2.29 bits per heavy atom. The van der Waals surface area contributed by atoms with Crippen molar-refractivity contribution in [2.75, 3.05) is 6.54 Å². The van der Waals surface area contributed by atoms with E-state index in [0.717, 1.165) is 13.0 Å². The SMILES string of the molecule is C[C@@H](C(N)=O)[C@@H](O)[C@@H]1CC2(CC2)CN1. The van der Waals surface area contributed by atoms with Crippen molar-refractivity contribution in [3.05, 3.63) is 0 Å². The van der Waals surface area contributed by atoms with Crippen LogP contribution < -0.4 is 11.1 Å². The lowest BCUT2D eigenvalue weighted by atomic mass is 9.93. The van der Waals surface area contributed by atoms with Crippen molar-refractivity contribution in [1.29, 1.82) is 0 Å². The van der Waals surface area contributed by atoms with Crippen molar-refractivity contribution >= 4 is 5.91 Å². The topological polar surface area (TPSA) is 75.4 Å². The quantitative estimate of drug-likeness (QED) is 0.578. The molecule has 1 saturated carbocycles. The van der Waals surface area contributed by atoms with Crippen LogP contribution in [0.3, 0.4) is 0 Å². The summed E-state index contributed by atoms with van der Waals surface area (Å²) >= 11 is 0. The first-order valence-corrected chi connectivity index (χ1v) is 5.25. The lowest BCUT2D eigenvalue weighted by Crippen LogP contribution is -2.43. The molecule has 1 aliphatic carbocycles. The van der Waals surface area contributed by atoms with Crippen LogP contribution in [0.25, 0.3) is 0 Å². The van der Waals surface area contributed by atoms with Gasteiger partial charge in [0.25, 0.3) is 0 Å². The first kappa shape index (κ1) is 9.93. The summed E-state index contributed by atoms with van der Waals surface area (Å²) < 4.78 is 0. The molecule has 1 heterocycles. The van der Waals surface area contributed by atoms with E-state index in [0.29, 0.717) is 5.41 Å². The molecule has 1 saturated heterocycles. The van der Waals surface area contributed by atoms with Crippen molar-refractivity contribution in [2.45, 2.75) is 38.3 Å². The smallest absolute Gasteiger partial charge is 0.222 e. The van der Waals surface area contributed by atoms with E-state index in [2.05, 4.69) is 5.32 Å². The highest BCUT2D eigenvalue weighted by Gasteiger charge is 2.50. The fourth-order valence-electron chi connectivity index (χ4n) is 2.27. The second kappa shape index (κ2) is 3.21. The third kappa shape index (κ3) is 1.64. The maximum absolute atomic E-state index is 10.9. The molecule has 14 heavy (non-hydrogen) atoms. The van der Waals surface area contributed by atoms with Gasteiger partial charge in [-0.3, -0.25) is 4.79 Å². The number of hydrogen-bond donors (Lipinski definition) is 3. The summed E-state index contributed by atoms with van der Waals surface area (Å²) in [5, 5.41) is 13.2. The van der Waals surface area contributed by atoms with Crippen LogP contribution in [0.15, 0.2) is 0 Å². The van der Waals surface area contributed by atoms with E-state index < -0.39 is 17.9 Å². The summed E-state index contributed by atoms with van der Waals surface area (Å²) in [6.07, 6.45) is 2.88. The minimum absolute atomic E-state index is 0.0556. The molecule has 1 amide bonds. The van der Waals surface area contributed by atoms with E-state index in [1.807, 2.05) is 0 Å². The second-order valence-corrected chi connectivity index (χ2v) is 4.87. The second-order valence-electron chi connectivity index (χ2n) is 4.87. The van der Waals surface area contributed by atoms with Crippen LogP contribution in [-0.2, 0) is 4.79 Å². The van der Waals surface area contributed by atoms with E-state index in [1.165, 1.54) is 12.8 Å². The molecule has 1 aliphatic heterocycles. The van der Waals surface area contributed by atoms with Gasteiger partial charge in [0.05, 0.1) is 12.0 Å². The highest BCUT2D eigenvalue weighted by atomic mass is 16.3. The molecule has 0 aromatic rings. The Hall–Kier alpha value is -0.610. The molecule has 2 fully saturated rings. The monoisotopic (exact) mass is 198 g/mol. The molecule has 4 N–H and O–H groups in total. The first-order valence-electron chi connectivity index (χ1n) is 5.25. The molecule has 2 rings (SSSR count). The Labute approximate surface area is 83.9 Å². The van der Waals surface area contributed by atoms with Crippen molar-refractivity contribution in [3.63, 3.8) is 0 Å². The van der Waals surface area contributed by atoms with Crippen LogP contribution >= 0.6 is 0 Å². The van der Waals surface area contributed by atoms with Crippen LogP contribution in [0, 0.1) is 11.3 Å². The fraction of sp³-hybridized carbons (Fsp3) is 0.900. The van der Waals surface area contributed by atoms with Crippen molar-refractivity contribution in [1.82, 2.24) is 5.32 Å². The van der Waals surface area contributed by atoms with Crippen LogP contribution in [0.1, 0.15) is 26.2 Å². The minimum Gasteiger partial charge on any atom is -0.391 e. The van der Waals surface area contributed by atoms with Gasteiger partial charge in [0.1, 0.15) is 0 Å². The van der Waals surface area contributed by atoms with E-state index in [4.69, 9.17) is 5.73 Å². The predicted octanol–water partition coefficient (Wildman–Crippen LogP) is -0.389. The lowest BCUT2D eigenvalue weighted by Gasteiger charge is -2.22. The molecule has 0 bridgehead atoms. The molecule has 4 nitrogen and oxygen atoms in total. The van der Waals surface area contributed by atoms with E-state index >= 15 is 0 Å². The molecule has 0 radical (unpaired) electrons. The maximum atomic E-state index is 10.9. The number of primary amides is 1. The molecular formula is C10H18N2O2. The molecular weight excluding hydrogens is 180 g/mol. The van der Waals surface area contributed by atoms with Gasteiger partial charge in [-0.2, -0.15) is 0 Å². The van der Waals surface area contributed by atoms with Gasteiger partial charge in [0, 0.05) is 12.6 Å². The Kier molecular flexibility index (Phi) is 2.27. The average molecular weight is 198 g/mol. The number of hydrogen-bond acceptors (Lipinski definition) is 3. The van der Waals surface area contributed by atoms with Crippen LogP contribution in [0.4, 0.5) is 0 Å². The Bertz CT molecular complexity index is 251. The number of aliphatic hydroxyl groups is 1. The highest BCUT2D eigenvalue weighted by molar-refractivity contribution is 5.76. The first-order chi connectivity index (χ1) is 6.54. The number of carbonyl (C=O) groups is 1. The van der Waals surface area contributed by atoms with Crippen LogP contribution in [-0.4, -0.2) is 29.7 Å². The van der Waals surface area contributed by atoms with Crippen molar-refractivity contribution < 1.29 is 9.90 Å². The Balaban J connectivity index is 1.92. The van der Waals surface area contributed by atoms with Crippen molar-refractivity contribution in [3.8, 4) is 0 Å². The number of amides is 1. The summed E-state index contributed by atoms with van der Waals surface area (Å²) in [7, 11) is 0. The predicted molar refractivity (Wildman–Crippen MR) is 52.4 cm³/mol. The number of rotatable bonds is 3. The Morgan fingerprint density at radius 1 is 1.64 bits per heavy atom. The zero-order valence-corrected chi connectivity index (χ0v) is 8.49. The number of aliphatic hydroxyl groups excluding tert-OH is 1. The third-order valence-corrected chi connectivity index (χ3v) is 3.72. The van der Waals surface area contributed by atoms with E-state index in [1.54, 1.807) is 6.92 Å². The molecule has 0 aromatic carbocycles. The van der Waals surface area contributed by atoms with Gasteiger partial charge in [0.15, 0.2) is 0 Å². The highest BCUT2D eigenvalue weighted by Crippen LogP contribution is 2.52. The van der Waals surface area contributed by atoms with E-state index in [-0.39, 0.29) is 6.04 Å². The molecule has 0 unspecified atom stereocenters. The lowest BCUT2D eigenvalue weighted by molar-refractivity contribution is -0.125. The van der Waals surface area contributed by atoms with Crippen LogP contribution in [0.5, 0.6) is 0 Å². The molecule has 4 heteroatoms. The zero-order chi connectivity index (χ0) is 10.3. The van der Waals surface area contributed by atoms with Gasteiger partial charge >= 0.3 is 0 Å². The number of carbonyl (C=O) groups excluding carboxylic acids is 1. The average Bonchev–Trinajstić information content (AvgIpc) is 2.74. The minimum atomic E-state index is -0.632. The summed E-state index contributed by atoms with van der Waals surface area (Å²) in [5.41, 5.74) is 5.61. The summed E-state index contributed by atoms with van der Waals surface area (Å²) in [5.74, 6) is -0.877. The maximum Gasteiger partial charge on any atom is 0.222 e. The normalized spacial score (nSPS) is 32.9. The van der Waals surface area contributed by atoms with Gasteiger partial charge < -0.3 is 16.2 Å². The largest absolute Gasteiger partial charge is 0.391 e. The van der Waals surface area contributed by atoms with Crippen molar-refractivity contribution in [2.24, 2.45) is 17.1 Å². The number of nitrogens with one attached hydrogen (secondary N) is 1. The molecule has 80 valence electrons. The summed E-state index contributed by atoms with van der Waals surface area (Å²) in [6.45, 7) is 2.67. The van der Waals surface area contributed by atoms with Crippen LogP contribution in [0.2, 0.25) is 0 Å². The molecule has 2 aliphatic rings. The Morgan fingerprint density at radius 3 is 2.71 bits per heavy atom. The third-order valence-electron chi connectivity index (χ3n) is 3.72. The molecule has 1 spiro atoms. The van der Waals surface area contributed by atoms with Gasteiger partial charge in [-0.25, -0.2) is 0 Å². The summed E-state index contributed by atoms with van der Waals surface area (Å²) in [4.78, 5) is 10.9. The van der Waals surface area contributed by atoms with Gasteiger partial charge in [0.2, 0.25) is 5.91 Å². The van der Waals surface area contributed by atoms with Gasteiger partial charge in [-0.05, 0) is 24.7 Å². The van der Waals surface area contributed by atoms with Gasteiger partial charge in [-0.1, -0.05) is 6.92 Å². The summed E-state index contributed by atoms with van der Waals surface area (Å²) in [6, 6.07) is 0.0556. The van der Waals surface area contributed by atoms with E-state index in [9.17, 15) is 9.90 Å².